The molecule has 14 heteroatoms. The maximum Gasteiger partial charge on any atom is 0.404 e. The Morgan fingerprint density at radius 3 is 2.29 bits per heavy atom. The van der Waals surface area contributed by atoms with Crippen LogP contribution in [0, 0.1) is 17.8 Å². The molecular formula is C27H22Cl4F3N3O4. The molecule has 2 N–H and O–H groups in total. The summed E-state index contributed by atoms with van der Waals surface area (Å²) in [6, 6.07) is 4.11. The van der Waals surface area contributed by atoms with Gasteiger partial charge in [-0.2, -0.15) is 13.2 Å². The molecule has 1 unspecified atom stereocenters. The highest BCUT2D eigenvalue weighted by Gasteiger charge is 2.72. The van der Waals surface area contributed by atoms with Crippen LogP contribution in [0.2, 0.25) is 20.1 Å². The number of fused-ring (bicyclic) bond motifs is 2. The number of hydrogen-bond donors (Lipinski definition) is 2. The number of carbonyl (C=O) groups excluding carboxylic acids is 3. The van der Waals surface area contributed by atoms with Crippen molar-refractivity contribution in [2.45, 2.75) is 30.6 Å². The minimum atomic E-state index is -5.08. The number of alkyl halides is 3. The normalized spacial score (nSPS) is 25.1. The molecule has 0 aromatic heterocycles. The smallest absolute Gasteiger partial charge is 0.404 e. The van der Waals surface area contributed by atoms with Crippen molar-refractivity contribution in [1.29, 1.82) is 0 Å². The molecule has 1 saturated heterocycles. The Labute approximate surface area is 252 Å². The van der Waals surface area contributed by atoms with Gasteiger partial charge < -0.3 is 15.0 Å². The van der Waals surface area contributed by atoms with E-state index in [1.54, 1.807) is 0 Å². The predicted molar refractivity (Wildman–Crippen MR) is 149 cm³/mol. The Hall–Kier alpha value is -2.50. The minimum Gasteiger partial charge on any atom is -0.461 e. The van der Waals surface area contributed by atoms with E-state index in [9.17, 15) is 27.6 Å². The molecule has 0 radical (unpaired) electrons. The maximum atomic E-state index is 14.8. The van der Waals surface area contributed by atoms with Gasteiger partial charge in [-0.25, -0.2) is 0 Å². The number of carbonyl (C=O) groups is 3. The van der Waals surface area contributed by atoms with Crippen molar-refractivity contribution in [3.05, 3.63) is 68.6 Å². The molecule has 5 rings (SSSR count). The van der Waals surface area contributed by atoms with Gasteiger partial charge in [0.05, 0.1) is 16.6 Å². The van der Waals surface area contributed by atoms with Gasteiger partial charge in [-0.1, -0.05) is 59.1 Å². The van der Waals surface area contributed by atoms with Crippen LogP contribution in [-0.2, 0) is 24.7 Å². The summed E-state index contributed by atoms with van der Waals surface area (Å²) in [5.74, 6) is -7.38. The van der Waals surface area contributed by atoms with Crippen LogP contribution < -0.4 is 15.5 Å². The molecule has 1 spiro atoms. The number of rotatable bonds is 7. The molecule has 2 fully saturated rings. The van der Waals surface area contributed by atoms with E-state index in [2.05, 4.69) is 17.2 Å². The number of nitrogens with one attached hydrogen (secondary N) is 2. The predicted octanol–water partition coefficient (Wildman–Crippen LogP) is 6.39. The van der Waals surface area contributed by atoms with E-state index in [1.807, 2.05) is 0 Å². The minimum absolute atomic E-state index is 0.00639. The summed E-state index contributed by atoms with van der Waals surface area (Å²) >= 11 is 24.8. The largest absolute Gasteiger partial charge is 0.461 e. The Morgan fingerprint density at radius 1 is 1.07 bits per heavy atom. The van der Waals surface area contributed by atoms with E-state index in [1.165, 1.54) is 36.4 Å². The molecule has 1 aliphatic carbocycles. The third kappa shape index (κ3) is 5.41. The molecule has 0 bridgehead atoms. The molecule has 3 aliphatic rings. The van der Waals surface area contributed by atoms with Crippen molar-refractivity contribution in [2.75, 3.05) is 23.4 Å². The van der Waals surface area contributed by atoms with Crippen LogP contribution >= 0.6 is 46.4 Å². The summed E-state index contributed by atoms with van der Waals surface area (Å²) in [7, 11) is 0. The fourth-order valence-corrected chi connectivity index (χ4v) is 6.62. The number of halogens is 7. The first-order valence-electron chi connectivity index (χ1n) is 12.5. The molecule has 41 heavy (non-hydrogen) atoms. The number of ether oxygens (including phenoxy) is 1. The molecule has 2 aromatic carbocycles. The van der Waals surface area contributed by atoms with Crippen LogP contribution in [0.4, 0.5) is 24.5 Å². The van der Waals surface area contributed by atoms with Crippen molar-refractivity contribution in [3.8, 4) is 0 Å². The lowest BCUT2D eigenvalue weighted by molar-refractivity contribution is -0.170. The van der Waals surface area contributed by atoms with E-state index in [4.69, 9.17) is 51.1 Å². The number of hydrogen-bond acceptors (Lipinski definition) is 5. The monoisotopic (exact) mass is 649 g/mol. The summed E-state index contributed by atoms with van der Waals surface area (Å²) in [5, 5.41) is 5.06. The van der Waals surface area contributed by atoms with Crippen molar-refractivity contribution in [1.82, 2.24) is 5.32 Å². The summed E-state index contributed by atoms with van der Waals surface area (Å²) in [4.78, 5) is 42.8. The first-order chi connectivity index (χ1) is 19.3. The fourth-order valence-electron chi connectivity index (χ4n) is 5.57. The third-order valence-corrected chi connectivity index (χ3v) is 8.40. The second kappa shape index (κ2) is 11.0. The van der Waals surface area contributed by atoms with Gasteiger partial charge in [0.2, 0.25) is 11.8 Å². The molecular weight excluding hydrogens is 629 g/mol. The zero-order chi connectivity index (χ0) is 29.9. The number of esters is 1. The molecule has 1 saturated carbocycles. The zero-order valence-corrected chi connectivity index (χ0v) is 24.1. The number of nitrogens with zero attached hydrogens (tertiary/aromatic N) is 1. The van der Waals surface area contributed by atoms with Crippen LogP contribution in [0.15, 0.2) is 43.0 Å². The van der Waals surface area contributed by atoms with Gasteiger partial charge in [0.1, 0.15) is 24.1 Å². The number of anilines is 2. The number of benzene rings is 2. The van der Waals surface area contributed by atoms with Crippen LogP contribution in [-0.4, -0.2) is 43.2 Å². The third-order valence-electron chi connectivity index (χ3n) is 7.44. The highest BCUT2D eigenvalue weighted by atomic mass is 35.5. The maximum absolute atomic E-state index is 14.8. The standard InChI is InChI=1S/C27H22Cl4F3N3O4/c1-2-5-41-24(39)20-19(23(38)37(11-12-3-4-12)16-7-13(28)6-14(29)8-16)22(27(32,33)34)36-26(20)17-9-15(30)10-18(31)21(17)35-25(26)40/h2,6-10,12,19-20,22,36H,1,3-5,11H2,(H,35,40)/t19-,20-,22+,26?/m1/s1. The van der Waals surface area contributed by atoms with E-state index >= 15 is 0 Å². The molecule has 218 valence electrons. The lowest BCUT2D eigenvalue weighted by atomic mass is 9.74. The summed E-state index contributed by atoms with van der Waals surface area (Å²) in [5.41, 5.74) is -2.37. The highest BCUT2D eigenvalue weighted by Crippen LogP contribution is 2.55. The van der Waals surface area contributed by atoms with Crippen molar-refractivity contribution >= 4 is 75.6 Å². The molecule has 2 heterocycles. The van der Waals surface area contributed by atoms with Crippen LogP contribution in [0.5, 0.6) is 0 Å². The lowest BCUT2D eigenvalue weighted by Gasteiger charge is -2.32. The van der Waals surface area contributed by atoms with Crippen molar-refractivity contribution in [2.24, 2.45) is 17.8 Å². The molecule has 4 atom stereocenters. The van der Waals surface area contributed by atoms with Crippen LogP contribution in [0.25, 0.3) is 0 Å². The highest BCUT2D eigenvalue weighted by molar-refractivity contribution is 6.38. The van der Waals surface area contributed by atoms with Gasteiger partial charge in [0, 0.05) is 32.9 Å². The summed E-state index contributed by atoms with van der Waals surface area (Å²) < 4.78 is 49.6. The Balaban J connectivity index is 1.72. The van der Waals surface area contributed by atoms with E-state index in [0.717, 1.165) is 17.7 Å². The van der Waals surface area contributed by atoms with Crippen molar-refractivity contribution < 1.29 is 32.3 Å². The molecule has 7 nitrogen and oxygen atoms in total. The molecule has 2 aliphatic heterocycles. The first kappa shape index (κ1) is 30.0. The van der Waals surface area contributed by atoms with Gasteiger partial charge in [-0.3, -0.25) is 19.7 Å². The number of amides is 2. The zero-order valence-electron chi connectivity index (χ0n) is 21.0. The second-order valence-electron chi connectivity index (χ2n) is 10.2. The first-order valence-corrected chi connectivity index (χ1v) is 14.0. The van der Waals surface area contributed by atoms with Gasteiger partial charge >= 0.3 is 12.1 Å². The van der Waals surface area contributed by atoms with Gasteiger partial charge in [-0.05, 0) is 49.1 Å². The Kier molecular flexibility index (Phi) is 8.02. The van der Waals surface area contributed by atoms with Gasteiger partial charge in [-0.15, -0.1) is 0 Å². The quantitative estimate of drug-likeness (QED) is 0.268. The van der Waals surface area contributed by atoms with E-state index in [0.29, 0.717) is 0 Å². The summed E-state index contributed by atoms with van der Waals surface area (Å²) in [6.45, 7) is 3.15. The van der Waals surface area contributed by atoms with Crippen molar-refractivity contribution in [3.63, 3.8) is 0 Å². The molecule has 2 amide bonds. The SMILES string of the molecule is C=CCOC(=O)[C@H]1[C@@H](C(=O)N(CC2CC2)c2cc(Cl)cc(Cl)c2)[C@@H](C(F)(F)F)NC12C(=O)Nc1c(Cl)cc(Cl)cc12. The Bertz CT molecular complexity index is 1430. The van der Waals surface area contributed by atoms with Gasteiger partial charge in [0.25, 0.3) is 0 Å². The topological polar surface area (TPSA) is 87.7 Å². The average Bonchev–Trinajstić information content (AvgIpc) is 3.56. The summed E-state index contributed by atoms with van der Waals surface area (Å²) in [6.07, 6.45) is -2.35. The lowest BCUT2D eigenvalue weighted by Crippen LogP contribution is -2.53. The Morgan fingerprint density at radius 2 is 1.71 bits per heavy atom. The van der Waals surface area contributed by atoms with E-state index < -0.39 is 47.4 Å². The van der Waals surface area contributed by atoms with Gasteiger partial charge in [0.15, 0.2) is 0 Å². The van der Waals surface area contributed by atoms with E-state index in [-0.39, 0.29) is 56.1 Å². The second-order valence-corrected chi connectivity index (χ2v) is 11.9. The molecule has 2 aromatic rings. The fraction of sp³-hybridized carbons (Fsp3) is 0.370. The van der Waals surface area contributed by atoms with Crippen LogP contribution in [0.1, 0.15) is 18.4 Å². The average molecular weight is 651 g/mol. The van der Waals surface area contributed by atoms with Crippen LogP contribution in [0.3, 0.4) is 0 Å².